The Labute approximate surface area is 131 Å². The highest BCUT2D eigenvalue weighted by Gasteiger charge is 2.10. The highest BCUT2D eigenvalue weighted by molar-refractivity contribution is 5.38. The van der Waals surface area contributed by atoms with E-state index < -0.39 is 6.29 Å². The summed E-state index contributed by atoms with van der Waals surface area (Å²) >= 11 is 0. The van der Waals surface area contributed by atoms with Crippen molar-refractivity contribution < 1.29 is 4.74 Å². The summed E-state index contributed by atoms with van der Waals surface area (Å²) in [4.78, 5) is 8.69. The van der Waals surface area contributed by atoms with Crippen molar-refractivity contribution >= 4 is 5.95 Å². The molecule has 2 aromatic rings. The molecule has 6 nitrogen and oxygen atoms in total. The van der Waals surface area contributed by atoms with E-state index in [0.717, 1.165) is 24.4 Å². The molecule has 0 saturated heterocycles. The molecule has 0 aliphatic carbocycles. The van der Waals surface area contributed by atoms with Crippen molar-refractivity contribution in [3.05, 3.63) is 47.3 Å². The molecule has 4 N–H and O–H groups in total. The maximum absolute atomic E-state index is 6.01. The number of hydrogen-bond acceptors (Lipinski definition) is 6. The molecule has 1 aromatic heterocycles. The number of benzene rings is 1. The maximum atomic E-state index is 6.01. The van der Waals surface area contributed by atoms with Gasteiger partial charge in [0.25, 0.3) is 0 Å². The first kappa shape index (κ1) is 16.2. The fourth-order valence-corrected chi connectivity index (χ4v) is 2.27. The number of nitrogens with zero attached hydrogens (tertiary/aromatic N) is 2. The van der Waals surface area contributed by atoms with E-state index in [-0.39, 0.29) is 0 Å². The molecule has 0 bridgehead atoms. The minimum Gasteiger partial charge on any atom is -0.493 e. The smallest absolute Gasteiger partial charge is 0.225 e. The number of nitrogens with two attached hydrogens (primary N) is 1. The number of nitrogens with one attached hydrogen (secondary N) is 2. The Balaban J connectivity index is 1.85. The van der Waals surface area contributed by atoms with Crippen LogP contribution in [-0.2, 0) is 6.42 Å². The Kier molecular flexibility index (Phi) is 5.68. The molecule has 1 atom stereocenters. The van der Waals surface area contributed by atoms with Crippen molar-refractivity contribution in [2.75, 3.05) is 19.0 Å². The fraction of sp³-hybridized carbons (Fsp3) is 0.375. The lowest BCUT2D eigenvalue weighted by Gasteiger charge is -2.17. The van der Waals surface area contributed by atoms with Crippen molar-refractivity contribution in [2.24, 2.45) is 5.73 Å². The second-order valence-electron chi connectivity index (χ2n) is 5.06. The van der Waals surface area contributed by atoms with Gasteiger partial charge in [-0.25, -0.2) is 9.97 Å². The Morgan fingerprint density at radius 3 is 2.36 bits per heavy atom. The third-order valence-electron chi connectivity index (χ3n) is 3.31. The molecule has 1 heterocycles. The Bertz CT molecular complexity index is 580. The average Bonchev–Trinajstić information content (AvgIpc) is 2.48. The SMILES string of the molecule is COc1c(C)nc(NC(N)NCCc2ccccc2)nc1C. The van der Waals surface area contributed by atoms with E-state index in [0.29, 0.717) is 11.7 Å². The molecule has 0 fully saturated rings. The van der Waals surface area contributed by atoms with Crippen LogP contribution in [0.1, 0.15) is 17.0 Å². The molecule has 0 amide bonds. The van der Waals surface area contributed by atoms with E-state index in [1.54, 1.807) is 7.11 Å². The normalized spacial score (nSPS) is 12.0. The number of aromatic nitrogens is 2. The number of rotatable bonds is 7. The van der Waals surface area contributed by atoms with Gasteiger partial charge in [0.15, 0.2) is 5.75 Å². The quantitative estimate of drug-likeness (QED) is 0.673. The summed E-state index contributed by atoms with van der Waals surface area (Å²) in [5.41, 5.74) is 8.85. The van der Waals surface area contributed by atoms with Crippen LogP contribution in [0, 0.1) is 13.8 Å². The van der Waals surface area contributed by atoms with Crippen LogP contribution < -0.4 is 21.1 Å². The Hall–Kier alpha value is -2.18. The topological polar surface area (TPSA) is 85.1 Å². The molecule has 1 unspecified atom stereocenters. The van der Waals surface area contributed by atoms with Gasteiger partial charge in [0, 0.05) is 6.54 Å². The van der Waals surface area contributed by atoms with Gasteiger partial charge < -0.3 is 10.1 Å². The van der Waals surface area contributed by atoms with Gasteiger partial charge in [0.05, 0.1) is 18.5 Å². The Morgan fingerprint density at radius 1 is 1.14 bits per heavy atom. The zero-order valence-electron chi connectivity index (χ0n) is 13.3. The van der Waals surface area contributed by atoms with E-state index in [9.17, 15) is 0 Å². The van der Waals surface area contributed by atoms with Crippen LogP contribution in [0.5, 0.6) is 5.75 Å². The summed E-state index contributed by atoms with van der Waals surface area (Å²) in [6.07, 6.45) is 0.508. The molecular weight excluding hydrogens is 278 g/mol. The highest BCUT2D eigenvalue weighted by Crippen LogP contribution is 2.20. The number of ether oxygens (including phenoxy) is 1. The van der Waals surface area contributed by atoms with Crippen molar-refractivity contribution in [3.63, 3.8) is 0 Å². The summed E-state index contributed by atoms with van der Waals surface area (Å²) in [5.74, 6) is 1.20. The van der Waals surface area contributed by atoms with Crippen LogP contribution in [-0.4, -0.2) is 29.9 Å². The lowest BCUT2D eigenvalue weighted by atomic mass is 10.1. The van der Waals surface area contributed by atoms with Crippen LogP contribution >= 0.6 is 0 Å². The predicted octanol–water partition coefficient (Wildman–Crippen LogP) is 1.59. The minimum absolute atomic E-state index is 0.407. The van der Waals surface area contributed by atoms with E-state index in [2.05, 4.69) is 32.7 Å². The monoisotopic (exact) mass is 301 g/mol. The number of anilines is 1. The molecule has 0 aliphatic rings. The van der Waals surface area contributed by atoms with Crippen LogP contribution in [0.2, 0.25) is 0 Å². The molecule has 1 aromatic carbocycles. The van der Waals surface area contributed by atoms with Gasteiger partial charge in [-0.1, -0.05) is 30.3 Å². The largest absolute Gasteiger partial charge is 0.493 e. The van der Waals surface area contributed by atoms with Gasteiger partial charge in [-0.2, -0.15) is 0 Å². The zero-order chi connectivity index (χ0) is 15.9. The number of hydrogen-bond donors (Lipinski definition) is 3. The summed E-state index contributed by atoms with van der Waals surface area (Å²) < 4.78 is 5.25. The highest BCUT2D eigenvalue weighted by atomic mass is 16.5. The summed E-state index contributed by atoms with van der Waals surface area (Å²) in [7, 11) is 1.61. The van der Waals surface area contributed by atoms with Crippen molar-refractivity contribution in [3.8, 4) is 5.75 Å². The van der Waals surface area contributed by atoms with Crippen molar-refractivity contribution in [1.29, 1.82) is 0 Å². The molecular formula is C16H23N5O. The molecule has 0 aliphatic heterocycles. The van der Waals surface area contributed by atoms with Gasteiger partial charge in [-0.3, -0.25) is 11.1 Å². The third-order valence-corrected chi connectivity index (χ3v) is 3.31. The number of methoxy groups -OCH3 is 1. The fourth-order valence-electron chi connectivity index (χ4n) is 2.27. The van der Waals surface area contributed by atoms with Crippen LogP contribution in [0.4, 0.5) is 5.95 Å². The van der Waals surface area contributed by atoms with E-state index in [1.165, 1.54) is 5.56 Å². The molecule has 22 heavy (non-hydrogen) atoms. The molecule has 0 spiro atoms. The standard InChI is InChI=1S/C16H23N5O/c1-11-14(22-3)12(2)20-16(19-11)21-15(17)18-10-9-13-7-5-4-6-8-13/h4-8,15,18H,9-10,17H2,1-3H3,(H,19,20,21). The van der Waals surface area contributed by atoms with Gasteiger partial charge in [-0.05, 0) is 25.8 Å². The van der Waals surface area contributed by atoms with Crippen LogP contribution in [0.15, 0.2) is 30.3 Å². The first-order valence-corrected chi connectivity index (χ1v) is 7.29. The average molecular weight is 301 g/mol. The Morgan fingerprint density at radius 2 is 1.77 bits per heavy atom. The predicted molar refractivity (Wildman–Crippen MR) is 87.8 cm³/mol. The first-order valence-electron chi connectivity index (χ1n) is 7.29. The van der Waals surface area contributed by atoms with Gasteiger partial charge in [0.2, 0.25) is 5.95 Å². The second-order valence-corrected chi connectivity index (χ2v) is 5.06. The van der Waals surface area contributed by atoms with Gasteiger partial charge in [0.1, 0.15) is 6.29 Å². The maximum Gasteiger partial charge on any atom is 0.225 e. The van der Waals surface area contributed by atoms with Crippen molar-refractivity contribution in [2.45, 2.75) is 26.6 Å². The second kappa shape index (κ2) is 7.72. The molecule has 0 saturated carbocycles. The van der Waals surface area contributed by atoms with E-state index >= 15 is 0 Å². The van der Waals surface area contributed by atoms with Gasteiger partial charge >= 0.3 is 0 Å². The van der Waals surface area contributed by atoms with Crippen molar-refractivity contribution in [1.82, 2.24) is 15.3 Å². The molecule has 0 radical (unpaired) electrons. The molecule has 2 rings (SSSR count). The molecule has 118 valence electrons. The van der Waals surface area contributed by atoms with E-state index in [1.807, 2.05) is 32.0 Å². The minimum atomic E-state index is -0.407. The van der Waals surface area contributed by atoms with Crippen LogP contribution in [0.3, 0.4) is 0 Å². The zero-order valence-corrected chi connectivity index (χ0v) is 13.3. The number of aryl methyl sites for hydroxylation is 2. The lowest BCUT2D eigenvalue weighted by molar-refractivity contribution is 0.403. The summed E-state index contributed by atoms with van der Waals surface area (Å²) in [5, 5.41) is 6.25. The summed E-state index contributed by atoms with van der Waals surface area (Å²) in [6.45, 7) is 4.53. The van der Waals surface area contributed by atoms with Crippen LogP contribution in [0.25, 0.3) is 0 Å². The lowest BCUT2D eigenvalue weighted by Crippen LogP contribution is -2.45. The van der Waals surface area contributed by atoms with E-state index in [4.69, 9.17) is 10.5 Å². The van der Waals surface area contributed by atoms with Gasteiger partial charge in [-0.15, -0.1) is 0 Å². The summed E-state index contributed by atoms with van der Waals surface area (Å²) in [6, 6.07) is 10.3. The third kappa shape index (κ3) is 4.41. The first-order chi connectivity index (χ1) is 10.6. The molecule has 6 heteroatoms.